The molecule has 0 radical (unpaired) electrons. The van der Waals surface area contributed by atoms with Gasteiger partial charge in [-0.1, -0.05) is 12.1 Å². The lowest BCUT2D eigenvalue weighted by atomic mass is 10.1. The van der Waals surface area contributed by atoms with E-state index in [0.29, 0.717) is 6.04 Å². The first kappa shape index (κ1) is 12.2. The fourth-order valence-corrected chi connectivity index (χ4v) is 2.72. The SMILES string of the molecule is COc1cccc2c(N3CCNC(C)C3)nccc12. The number of methoxy groups -OCH3 is 1. The van der Waals surface area contributed by atoms with Crippen LogP contribution >= 0.6 is 0 Å². The Morgan fingerprint density at radius 2 is 2.21 bits per heavy atom. The fraction of sp³-hybridized carbons (Fsp3) is 0.400. The zero-order chi connectivity index (χ0) is 13.2. The van der Waals surface area contributed by atoms with Crippen molar-refractivity contribution in [2.24, 2.45) is 0 Å². The topological polar surface area (TPSA) is 37.4 Å². The molecule has 1 N–H and O–H groups in total. The predicted molar refractivity (Wildman–Crippen MR) is 78.0 cm³/mol. The van der Waals surface area contributed by atoms with Crippen LogP contribution < -0.4 is 15.0 Å². The minimum absolute atomic E-state index is 0.497. The Labute approximate surface area is 113 Å². The summed E-state index contributed by atoms with van der Waals surface area (Å²) in [6, 6.07) is 8.65. The number of hydrogen-bond acceptors (Lipinski definition) is 4. The number of anilines is 1. The van der Waals surface area contributed by atoms with E-state index in [1.165, 1.54) is 0 Å². The van der Waals surface area contributed by atoms with Gasteiger partial charge in [0.25, 0.3) is 0 Å². The van der Waals surface area contributed by atoms with Gasteiger partial charge in [-0.25, -0.2) is 4.98 Å². The van der Waals surface area contributed by atoms with Gasteiger partial charge in [-0.2, -0.15) is 0 Å². The fourth-order valence-electron chi connectivity index (χ4n) is 2.72. The lowest BCUT2D eigenvalue weighted by Gasteiger charge is -2.33. The number of nitrogens with zero attached hydrogens (tertiary/aromatic N) is 2. The van der Waals surface area contributed by atoms with Crippen LogP contribution in [0.5, 0.6) is 5.75 Å². The normalized spacial score (nSPS) is 19.7. The molecule has 3 rings (SSSR count). The Hall–Kier alpha value is -1.81. The number of nitrogens with one attached hydrogen (secondary N) is 1. The van der Waals surface area contributed by atoms with E-state index < -0.39 is 0 Å². The molecule has 0 bridgehead atoms. The van der Waals surface area contributed by atoms with Crippen LogP contribution in [0, 0.1) is 0 Å². The van der Waals surface area contributed by atoms with Crippen molar-refractivity contribution in [3.63, 3.8) is 0 Å². The third kappa shape index (κ3) is 2.24. The maximum Gasteiger partial charge on any atom is 0.136 e. The Balaban J connectivity index is 2.08. The van der Waals surface area contributed by atoms with Gasteiger partial charge in [0.15, 0.2) is 0 Å². The van der Waals surface area contributed by atoms with Crippen LogP contribution in [0.25, 0.3) is 10.8 Å². The van der Waals surface area contributed by atoms with Crippen molar-refractivity contribution in [3.05, 3.63) is 30.5 Å². The Kier molecular flexibility index (Phi) is 3.25. The highest BCUT2D eigenvalue weighted by atomic mass is 16.5. The van der Waals surface area contributed by atoms with E-state index in [4.69, 9.17) is 4.74 Å². The molecule has 4 heteroatoms. The molecule has 19 heavy (non-hydrogen) atoms. The third-order valence-electron chi connectivity index (χ3n) is 3.63. The van der Waals surface area contributed by atoms with E-state index in [0.717, 1.165) is 42.0 Å². The largest absolute Gasteiger partial charge is 0.496 e. The number of pyridine rings is 1. The zero-order valence-electron chi connectivity index (χ0n) is 11.4. The van der Waals surface area contributed by atoms with Crippen LogP contribution in [-0.2, 0) is 0 Å². The molecule has 1 aliphatic rings. The summed E-state index contributed by atoms with van der Waals surface area (Å²) in [5.41, 5.74) is 0. The number of fused-ring (bicyclic) bond motifs is 1. The van der Waals surface area contributed by atoms with Gasteiger partial charge in [-0.3, -0.25) is 0 Å². The second-order valence-corrected chi connectivity index (χ2v) is 4.99. The smallest absolute Gasteiger partial charge is 0.136 e. The molecule has 100 valence electrons. The second-order valence-electron chi connectivity index (χ2n) is 4.99. The van der Waals surface area contributed by atoms with Crippen molar-refractivity contribution < 1.29 is 4.74 Å². The number of aromatic nitrogens is 1. The monoisotopic (exact) mass is 257 g/mol. The molecule has 0 saturated carbocycles. The molecular formula is C15H19N3O. The highest BCUT2D eigenvalue weighted by Gasteiger charge is 2.19. The molecule has 0 spiro atoms. The average molecular weight is 257 g/mol. The summed E-state index contributed by atoms with van der Waals surface area (Å²) in [6.45, 7) is 5.19. The number of rotatable bonds is 2. The molecule has 1 aromatic heterocycles. The van der Waals surface area contributed by atoms with Gasteiger partial charge >= 0.3 is 0 Å². The van der Waals surface area contributed by atoms with Crippen LogP contribution in [0.4, 0.5) is 5.82 Å². The van der Waals surface area contributed by atoms with Gasteiger partial charge in [0.1, 0.15) is 11.6 Å². The minimum Gasteiger partial charge on any atom is -0.496 e. The summed E-state index contributed by atoms with van der Waals surface area (Å²) in [5.74, 6) is 1.97. The predicted octanol–water partition coefficient (Wildman–Crippen LogP) is 2.04. The van der Waals surface area contributed by atoms with E-state index in [2.05, 4.69) is 28.2 Å². The number of benzene rings is 1. The summed E-state index contributed by atoms with van der Waals surface area (Å²) in [6.07, 6.45) is 1.87. The highest BCUT2D eigenvalue weighted by Crippen LogP contribution is 2.31. The maximum absolute atomic E-state index is 5.43. The molecule has 0 amide bonds. The maximum atomic E-state index is 5.43. The second kappa shape index (κ2) is 5.05. The van der Waals surface area contributed by atoms with E-state index in [-0.39, 0.29) is 0 Å². The molecule has 1 unspecified atom stereocenters. The Bertz CT molecular complexity index is 585. The summed E-state index contributed by atoms with van der Waals surface area (Å²) in [5, 5.41) is 5.75. The van der Waals surface area contributed by atoms with Gasteiger partial charge in [0, 0.05) is 42.6 Å². The summed E-state index contributed by atoms with van der Waals surface area (Å²) in [7, 11) is 1.71. The highest BCUT2D eigenvalue weighted by molar-refractivity contribution is 5.96. The summed E-state index contributed by atoms with van der Waals surface area (Å²) >= 11 is 0. The van der Waals surface area contributed by atoms with Gasteiger partial charge < -0.3 is 15.0 Å². The third-order valence-corrected chi connectivity index (χ3v) is 3.63. The Morgan fingerprint density at radius 3 is 3.00 bits per heavy atom. The van der Waals surface area contributed by atoms with Crippen LogP contribution in [0.2, 0.25) is 0 Å². The lowest BCUT2D eigenvalue weighted by molar-refractivity contribution is 0.420. The molecule has 1 saturated heterocycles. The van der Waals surface area contributed by atoms with Gasteiger partial charge in [0.05, 0.1) is 7.11 Å². The Morgan fingerprint density at radius 1 is 1.32 bits per heavy atom. The van der Waals surface area contributed by atoms with Gasteiger partial charge in [0.2, 0.25) is 0 Å². The van der Waals surface area contributed by atoms with Gasteiger partial charge in [-0.15, -0.1) is 0 Å². The van der Waals surface area contributed by atoms with Crippen LogP contribution in [0.15, 0.2) is 30.5 Å². The first-order chi connectivity index (χ1) is 9.29. The summed E-state index contributed by atoms with van der Waals surface area (Å²) < 4.78 is 5.43. The van der Waals surface area contributed by atoms with Crippen LogP contribution in [0.3, 0.4) is 0 Å². The first-order valence-corrected chi connectivity index (χ1v) is 6.69. The molecule has 1 aliphatic heterocycles. The molecule has 2 aromatic rings. The van der Waals surface area contributed by atoms with E-state index >= 15 is 0 Å². The standard InChI is InChI=1S/C15H19N3O/c1-11-10-18(9-8-16-11)15-13-4-3-5-14(19-2)12(13)6-7-17-15/h3-7,11,16H,8-10H2,1-2H3. The van der Waals surface area contributed by atoms with Crippen molar-refractivity contribution in [2.45, 2.75) is 13.0 Å². The number of ether oxygens (including phenoxy) is 1. The first-order valence-electron chi connectivity index (χ1n) is 6.69. The zero-order valence-corrected chi connectivity index (χ0v) is 11.4. The summed E-state index contributed by atoms with van der Waals surface area (Å²) in [4.78, 5) is 6.93. The van der Waals surface area contributed by atoms with E-state index in [1.807, 2.05) is 24.4 Å². The molecule has 2 heterocycles. The van der Waals surface area contributed by atoms with Crippen molar-refractivity contribution >= 4 is 16.6 Å². The quantitative estimate of drug-likeness (QED) is 0.893. The van der Waals surface area contributed by atoms with Gasteiger partial charge in [-0.05, 0) is 19.1 Å². The van der Waals surface area contributed by atoms with Crippen LogP contribution in [-0.4, -0.2) is 37.8 Å². The molecule has 1 aromatic carbocycles. The lowest BCUT2D eigenvalue weighted by Crippen LogP contribution is -2.49. The van der Waals surface area contributed by atoms with E-state index in [1.54, 1.807) is 7.11 Å². The van der Waals surface area contributed by atoms with Crippen molar-refractivity contribution in [1.29, 1.82) is 0 Å². The molecule has 0 aliphatic carbocycles. The van der Waals surface area contributed by atoms with Crippen molar-refractivity contribution in [2.75, 3.05) is 31.6 Å². The van der Waals surface area contributed by atoms with Crippen LogP contribution in [0.1, 0.15) is 6.92 Å². The van der Waals surface area contributed by atoms with E-state index in [9.17, 15) is 0 Å². The van der Waals surface area contributed by atoms with Crippen molar-refractivity contribution in [1.82, 2.24) is 10.3 Å². The average Bonchev–Trinajstić information content (AvgIpc) is 2.46. The van der Waals surface area contributed by atoms with Crippen molar-refractivity contribution in [3.8, 4) is 5.75 Å². The molecule has 1 fully saturated rings. The minimum atomic E-state index is 0.497. The number of piperazine rings is 1. The molecule has 1 atom stereocenters. The number of hydrogen-bond donors (Lipinski definition) is 1. The molecule has 4 nitrogen and oxygen atoms in total. The molecular weight excluding hydrogens is 238 g/mol.